The summed E-state index contributed by atoms with van der Waals surface area (Å²) in [4.78, 5) is 2.23. The van der Waals surface area contributed by atoms with Crippen LogP contribution in [0.1, 0.15) is 52.7 Å². The Balaban J connectivity index is 1.19. The minimum atomic E-state index is -3.65. The van der Waals surface area contributed by atoms with Gasteiger partial charge in [0.1, 0.15) is 5.75 Å². The van der Waals surface area contributed by atoms with Gasteiger partial charge in [-0.2, -0.15) is 0 Å². The fraction of sp³-hybridized carbons (Fsp3) is 0.250. The van der Waals surface area contributed by atoms with Crippen LogP contribution in [0.15, 0.2) is 132 Å². The highest BCUT2D eigenvalue weighted by molar-refractivity contribution is 7.89. The SMILES string of the molecule is CN(CC1CC(c2ccc(CO)cc2)OC(c2cccc(-c3cccc(CNS(=O)(=O)c4ccccc4)c3)c2)O1)CC(O)c1cccc(O)c1. The number of hydrogen-bond acceptors (Lipinski definition) is 8. The number of aliphatic hydroxyl groups excluding tert-OH is 2. The molecule has 6 rings (SSSR count). The predicted octanol–water partition coefficient (Wildman–Crippen LogP) is 6.24. The van der Waals surface area contributed by atoms with Crippen LogP contribution in [0.4, 0.5) is 0 Å². The number of sulfonamides is 1. The molecule has 0 amide bonds. The monoisotopic (exact) mass is 694 g/mol. The molecule has 1 saturated heterocycles. The molecule has 50 heavy (non-hydrogen) atoms. The smallest absolute Gasteiger partial charge is 0.240 e. The van der Waals surface area contributed by atoms with E-state index in [4.69, 9.17) is 9.47 Å². The maximum atomic E-state index is 12.8. The van der Waals surface area contributed by atoms with Crippen molar-refractivity contribution >= 4 is 10.0 Å². The number of ether oxygens (including phenoxy) is 2. The van der Waals surface area contributed by atoms with E-state index in [-0.39, 0.29) is 36.0 Å². The van der Waals surface area contributed by atoms with Crippen LogP contribution in [0.25, 0.3) is 11.1 Å². The van der Waals surface area contributed by atoms with Crippen LogP contribution in [0, 0.1) is 0 Å². The van der Waals surface area contributed by atoms with E-state index in [2.05, 4.69) is 4.72 Å². The molecule has 1 heterocycles. The Morgan fingerprint density at radius 2 is 1.52 bits per heavy atom. The van der Waals surface area contributed by atoms with Gasteiger partial charge in [0.25, 0.3) is 0 Å². The molecule has 0 aromatic heterocycles. The number of phenolic OH excluding ortho intramolecular Hbond substituents is 1. The van der Waals surface area contributed by atoms with Crippen molar-refractivity contribution in [2.45, 2.75) is 49.1 Å². The average Bonchev–Trinajstić information content (AvgIpc) is 3.14. The normalized spacial score (nSPS) is 18.6. The number of nitrogens with zero attached hydrogens (tertiary/aromatic N) is 1. The number of likely N-dealkylation sites (N-methyl/N-ethyl adjacent to an activating group) is 1. The van der Waals surface area contributed by atoms with Crippen LogP contribution >= 0.6 is 0 Å². The van der Waals surface area contributed by atoms with E-state index in [0.29, 0.717) is 25.1 Å². The van der Waals surface area contributed by atoms with Crippen molar-refractivity contribution in [1.82, 2.24) is 9.62 Å². The molecular weight excluding hydrogens is 653 g/mol. The molecular formula is C40H42N2O7S. The number of nitrogens with one attached hydrogen (secondary N) is 1. The third kappa shape index (κ3) is 9.04. The molecule has 1 fully saturated rings. The van der Waals surface area contributed by atoms with Gasteiger partial charge in [-0.05, 0) is 76.8 Å². The maximum Gasteiger partial charge on any atom is 0.240 e. The highest BCUT2D eigenvalue weighted by atomic mass is 32.2. The van der Waals surface area contributed by atoms with Crippen molar-refractivity contribution in [1.29, 1.82) is 0 Å². The zero-order valence-electron chi connectivity index (χ0n) is 27.8. The highest BCUT2D eigenvalue weighted by Gasteiger charge is 2.33. The van der Waals surface area contributed by atoms with Gasteiger partial charge < -0.3 is 29.7 Å². The van der Waals surface area contributed by atoms with Crippen LogP contribution in [0.5, 0.6) is 5.75 Å². The standard InChI is InChI=1S/C40H42N2O7S/c1-42(26-38(45)33-11-7-13-35(44)22-33)25-36-23-39(30-18-16-28(27-43)17-19-30)49-40(48-36)34-12-6-10-32(21-34)31-9-5-8-29(20-31)24-41-50(46,47)37-14-3-2-4-15-37/h2-22,36,38-41,43-45H,23-27H2,1H3. The summed E-state index contributed by atoms with van der Waals surface area (Å²) in [6.07, 6.45) is -1.39. The molecule has 10 heteroatoms. The first-order valence-corrected chi connectivity index (χ1v) is 18.1. The second kappa shape index (κ2) is 16.1. The van der Waals surface area contributed by atoms with Crippen molar-refractivity contribution in [3.63, 3.8) is 0 Å². The van der Waals surface area contributed by atoms with E-state index in [1.807, 2.05) is 84.7 Å². The van der Waals surface area contributed by atoms with Crippen LogP contribution in [0.2, 0.25) is 0 Å². The summed E-state index contributed by atoms with van der Waals surface area (Å²) >= 11 is 0. The molecule has 9 nitrogen and oxygen atoms in total. The van der Waals surface area contributed by atoms with Crippen LogP contribution in [-0.2, 0) is 32.6 Å². The van der Waals surface area contributed by atoms with E-state index in [0.717, 1.165) is 33.4 Å². The summed E-state index contributed by atoms with van der Waals surface area (Å²) in [5.41, 5.74) is 5.94. The summed E-state index contributed by atoms with van der Waals surface area (Å²) < 4.78 is 41.4. The van der Waals surface area contributed by atoms with Gasteiger partial charge in [-0.1, -0.05) is 91.0 Å². The molecule has 0 aliphatic carbocycles. The van der Waals surface area contributed by atoms with Gasteiger partial charge in [-0.3, -0.25) is 0 Å². The van der Waals surface area contributed by atoms with Crippen molar-refractivity contribution in [2.24, 2.45) is 0 Å². The molecule has 260 valence electrons. The van der Waals surface area contributed by atoms with E-state index in [1.54, 1.807) is 54.6 Å². The van der Waals surface area contributed by atoms with Crippen LogP contribution in [0.3, 0.4) is 0 Å². The number of hydrogen-bond donors (Lipinski definition) is 4. The summed E-state index contributed by atoms with van der Waals surface area (Å²) in [6.45, 7) is 0.977. The summed E-state index contributed by atoms with van der Waals surface area (Å²) in [5, 5.41) is 30.3. The van der Waals surface area contributed by atoms with E-state index in [1.165, 1.54) is 0 Å². The Labute approximate surface area is 293 Å². The molecule has 5 aromatic rings. The van der Waals surface area contributed by atoms with Gasteiger partial charge in [0.15, 0.2) is 6.29 Å². The van der Waals surface area contributed by atoms with Gasteiger partial charge >= 0.3 is 0 Å². The molecule has 1 aliphatic rings. The second-order valence-corrected chi connectivity index (χ2v) is 14.4. The van der Waals surface area contributed by atoms with Crippen molar-refractivity contribution in [3.8, 4) is 16.9 Å². The van der Waals surface area contributed by atoms with Crippen molar-refractivity contribution in [2.75, 3.05) is 20.1 Å². The summed E-state index contributed by atoms with van der Waals surface area (Å²) in [6, 6.07) is 38.4. The number of aromatic hydroxyl groups is 1. The Hall–Kier alpha value is -4.39. The Morgan fingerprint density at radius 1 is 0.800 bits per heavy atom. The zero-order chi connectivity index (χ0) is 35.1. The van der Waals surface area contributed by atoms with Gasteiger partial charge in [-0.25, -0.2) is 13.1 Å². The Morgan fingerprint density at radius 3 is 2.26 bits per heavy atom. The molecule has 0 spiro atoms. The lowest BCUT2D eigenvalue weighted by Crippen LogP contribution is -2.39. The Kier molecular flexibility index (Phi) is 11.4. The first kappa shape index (κ1) is 35.4. The number of aliphatic hydroxyl groups is 2. The lowest BCUT2D eigenvalue weighted by molar-refractivity contribution is -0.252. The number of benzene rings is 5. The lowest BCUT2D eigenvalue weighted by Gasteiger charge is -2.38. The highest BCUT2D eigenvalue weighted by Crippen LogP contribution is 2.39. The molecule has 1 aliphatic heterocycles. The van der Waals surface area contributed by atoms with Gasteiger partial charge in [-0.15, -0.1) is 0 Å². The van der Waals surface area contributed by atoms with E-state index < -0.39 is 22.4 Å². The fourth-order valence-corrected chi connectivity index (χ4v) is 7.21. The van der Waals surface area contributed by atoms with Crippen LogP contribution < -0.4 is 4.72 Å². The minimum absolute atomic E-state index is 0.0423. The minimum Gasteiger partial charge on any atom is -0.508 e. The topological polar surface area (TPSA) is 129 Å². The first-order valence-electron chi connectivity index (χ1n) is 16.6. The molecule has 4 atom stereocenters. The quantitative estimate of drug-likeness (QED) is 0.114. The molecule has 4 unspecified atom stereocenters. The molecule has 0 radical (unpaired) electrons. The predicted molar refractivity (Wildman–Crippen MR) is 191 cm³/mol. The summed E-state index contributed by atoms with van der Waals surface area (Å²) in [5.74, 6) is 0.108. The lowest BCUT2D eigenvalue weighted by atomic mass is 9.98. The maximum absolute atomic E-state index is 12.8. The fourth-order valence-electron chi connectivity index (χ4n) is 6.17. The largest absolute Gasteiger partial charge is 0.508 e. The van der Waals surface area contributed by atoms with Gasteiger partial charge in [0.05, 0.1) is 29.8 Å². The Bertz CT molecular complexity index is 1970. The zero-order valence-corrected chi connectivity index (χ0v) is 28.6. The molecule has 0 bridgehead atoms. The molecule has 5 aromatic carbocycles. The van der Waals surface area contributed by atoms with E-state index in [9.17, 15) is 23.7 Å². The van der Waals surface area contributed by atoms with E-state index >= 15 is 0 Å². The van der Waals surface area contributed by atoms with Crippen LogP contribution in [-0.4, -0.2) is 54.9 Å². The number of rotatable bonds is 13. The third-order valence-electron chi connectivity index (χ3n) is 8.81. The second-order valence-electron chi connectivity index (χ2n) is 12.6. The van der Waals surface area contributed by atoms with Gasteiger partial charge in [0, 0.05) is 31.6 Å². The first-order chi connectivity index (χ1) is 24.2. The number of phenols is 1. The summed E-state index contributed by atoms with van der Waals surface area (Å²) in [7, 11) is -1.72. The molecule has 0 saturated carbocycles. The van der Waals surface area contributed by atoms with Crippen molar-refractivity contribution in [3.05, 3.63) is 155 Å². The van der Waals surface area contributed by atoms with Crippen molar-refractivity contribution < 1.29 is 33.2 Å². The molecule has 4 N–H and O–H groups in total. The average molecular weight is 695 g/mol. The van der Waals surface area contributed by atoms with Gasteiger partial charge in [0.2, 0.25) is 10.0 Å². The third-order valence-corrected chi connectivity index (χ3v) is 10.2.